The molecule has 0 fully saturated rings. The maximum Gasteiger partial charge on any atom is 0 e. The maximum absolute atomic E-state index is 2.08. The minimum atomic E-state index is 0. The van der Waals surface area contributed by atoms with Crippen LogP contribution in [0, 0.1) is 6.92 Å². The third-order valence-corrected chi connectivity index (χ3v) is 0.940. The van der Waals surface area contributed by atoms with Gasteiger partial charge in [-0.05, 0) is 6.92 Å². The Bertz CT molecular complexity index is 143. The Balaban J connectivity index is -0.0000000204. The van der Waals surface area contributed by atoms with E-state index in [-0.39, 0.29) is 308 Å². The van der Waals surface area contributed by atoms with Crippen molar-refractivity contribution in [3.05, 3.63) is 35.9 Å². The van der Waals surface area contributed by atoms with E-state index < -0.39 is 0 Å². The fourth-order valence-electron chi connectivity index (χ4n) is 0.534. The summed E-state index contributed by atoms with van der Waals surface area (Å²) in [5, 5.41) is 0. The molecule has 6 radical (unpaired) electrons. The molecule has 0 unspecified atom stereocenters. The Kier molecular flexibility index (Phi) is 84.9. The third-order valence-electron chi connectivity index (χ3n) is 0.940. The summed E-state index contributed by atoms with van der Waals surface area (Å²) in [5.41, 5.74) is 1.32. The molecular weight excluding hydrogens is 319 g/mol. The van der Waals surface area contributed by atoms with E-state index in [0.717, 1.165) is 0 Å². The molecule has 0 nitrogen and oxygen atoms in total. The fraction of sp³-hybridized carbons (Fsp3) is 0.143. The molecule has 0 bridgehead atoms. The van der Waals surface area contributed by atoms with Crippen molar-refractivity contribution in [1.82, 2.24) is 0 Å². The van der Waals surface area contributed by atoms with E-state index >= 15 is 0 Å². The molecule has 0 aromatic heterocycles. The van der Waals surface area contributed by atoms with Gasteiger partial charge in [0.05, 0.1) is 0 Å². The molecule has 0 aliphatic carbocycles. The van der Waals surface area contributed by atoms with Gasteiger partial charge in [0.25, 0.3) is 0 Å². The van der Waals surface area contributed by atoms with Crippen LogP contribution in [0.2, 0.25) is 0 Å². The number of aryl methyl sites for hydroxylation is 1. The first-order valence-electron chi connectivity index (χ1n) is 2.41. The number of benzene rings is 1. The van der Waals surface area contributed by atoms with Crippen LogP contribution in [0.1, 0.15) is 5.56 Å². The van der Waals surface area contributed by atoms with Crippen LogP contribution in [-0.2, 0) is 0 Å². The fourth-order valence-corrected chi connectivity index (χ4v) is 0.534. The molecule has 0 saturated heterocycles. The van der Waals surface area contributed by atoms with Crippen molar-refractivity contribution in [3.8, 4) is 0 Å². The zero-order valence-electron chi connectivity index (χ0n) is 10.4. The average molecular weight is 327 g/mol. The second kappa shape index (κ2) is 29.1. The van der Waals surface area contributed by atoms with Gasteiger partial charge >= 0.3 is 0 Å². The molecule has 6 heteroatoms. The molecule has 42 valence electrons. The van der Waals surface area contributed by atoms with E-state index in [2.05, 4.69) is 19.1 Å². The van der Waals surface area contributed by atoms with Gasteiger partial charge in [-0.1, -0.05) is 35.9 Å². The Morgan fingerprint density at radius 3 is 1.08 bits per heavy atom. The summed E-state index contributed by atoms with van der Waals surface area (Å²) in [6, 6.07) is 10.3. The van der Waals surface area contributed by atoms with Gasteiger partial charge in [-0.15, -0.1) is 0 Å². The van der Waals surface area contributed by atoms with E-state index in [9.17, 15) is 0 Å². The van der Waals surface area contributed by atoms with Gasteiger partial charge in [-0.3, -0.25) is 0 Å². The second-order valence-corrected chi connectivity index (χ2v) is 1.65. The summed E-state index contributed by atoms with van der Waals surface area (Å²) < 4.78 is 0. The van der Waals surface area contributed by atoms with Crippen LogP contribution in [0.5, 0.6) is 0 Å². The van der Waals surface area contributed by atoms with Crippen molar-refractivity contribution in [3.63, 3.8) is 0 Å². The molecule has 0 aliphatic rings. The zero-order valence-corrected chi connectivity index (χ0v) is 29.1. The van der Waals surface area contributed by atoms with Gasteiger partial charge in [0.1, 0.15) is 0 Å². The summed E-state index contributed by atoms with van der Waals surface area (Å²) >= 11 is 0. The van der Waals surface area contributed by atoms with Crippen LogP contribution >= 0.6 is 0 Å². The first-order valence-corrected chi connectivity index (χ1v) is 2.41. The molecule has 0 atom stereocenters. The average Bonchev–Trinajstić information content (AvgIpc) is 1.69. The molecule has 1 aromatic carbocycles. The maximum atomic E-state index is 2.08. The number of hydrogen-bond donors (Lipinski definition) is 0. The Morgan fingerprint density at radius 1 is 0.615 bits per heavy atom. The Hall–Kier alpha value is 9.04. The van der Waals surface area contributed by atoms with Crippen molar-refractivity contribution in [2.24, 2.45) is 0 Å². The monoisotopic (exact) mass is 326 g/mol. The summed E-state index contributed by atoms with van der Waals surface area (Å²) in [6.45, 7) is 2.08. The standard InChI is InChI=1S/C7H8.6K/c1-7-5-3-2-4-6-7;;;;;;/h2-6H,1H3;;;;;;. The zero-order chi connectivity index (χ0) is 5.11. The minimum Gasteiger partial charge on any atom is -0.0622 e. The number of rotatable bonds is 0. The second-order valence-electron chi connectivity index (χ2n) is 1.65. The minimum absolute atomic E-state index is 0. The van der Waals surface area contributed by atoms with Crippen molar-refractivity contribution in [2.45, 2.75) is 6.92 Å². The summed E-state index contributed by atoms with van der Waals surface area (Å²) in [5.74, 6) is 0. The molecule has 0 N–H and O–H groups in total. The van der Waals surface area contributed by atoms with Crippen LogP contribution in [0.3, 0.4) is 0 Å². The quantitative estimate of drug-likeness (QED) is 0.575. The van der Waals surface area contributed by atoms with Crippen LogP contribution in [-0.4, -0.2) is 308 Å². The summed E-state index contributed by atoms with van der Waals surface area (Å²) in [7, 11) is 0. The van der Waals surface area contributed by atoms with Crippen molar-refractivity contribution >= 4 is 308 Å². The molecule has 0 aliphatic heterocycles. The molecular formula is C7H8K6. The van der Waals surface area contributed by atoms with Crippen molar-refractivity contribution in [1.29, 1.82) is 0 Å². The largest absolute Gasteiger partial charge is 0.0622 e. The normalized spacial score (nSPS) is 4.69. The molecule has 0 spiro atoms. The Morgan fingerprint density at radius 2 is 0.923 bits per heavy atom. The van der Waals surface area contributed by atoms with E-state index in [4.69, 9.17) is 0 Å². The SMILES string of the molecule is Cc1ccccc1.[K].[K].[K].[K].[K].[K]. The van der Waals surface area contributed by atoms with Gasteiger partial charge in [0.2, 0.25) is 0 Å². The van der Waals surface area contributed by atoms with E-state index in [1.807, 2.05) is 18.2 Å². The molecule has 0 amide bonds. The molecule has 1 rings (SSSR count). The van der Waals surface area contributed by atoms with E-state index in [1.54, 1.807) is 0 Å². The molecule has 13 heavy (non-hydrogen) atoms. The van der Waals surface area contributed by atoms with Crippen LogP contribution in [0.25, 0.3) is 0 Å². The first-order chi connectivity index (χ1) is 3.39. The molecule has 0 heterocycles. The van der Waals surface area contributed by atoms with Crippen LogP contribution in [0.15, 0.2) is 30.3 Å². The number of hydrogen-bond acceptors (Lipinski definition) is 0. The van der Waals surface area contributed by atoms with Gasteiger partial charge < -0.3 is 0 Å². The van der Waals surface area contributed by atoms with Gasteiger partial charge in [0.15, 0.2) is 0 Å². The summed E-state index contributed by atoms with van der Waals surface area (Å²) in [6.07, 6.45) is 0. The van der Waals surface area contributed by atoms with Crippen molar-refractivity contribution < 1.29 is 0 Å². The predicted molar refractivity (Wildman–Crippen MR) is 65.7 cm³/mol. The third kappa shape index (κ3) is 26.3. The smallest absolute Gasteiger partial charge is 0 e. The van der Waals surface area contributed by atoms with Gasteiger partial charge in [-0.2, -0.15) is 0 Å². The van der Waals surface area contributed by atoms with Gasteiger partial charge in [-0.25, -0.2) is 0 Å². The van der Waals surface area contributed by atoms with Crippen LogP contribution in [0.4, 0.5) is 0 Å². The topological polar surface area (TPSA) is 0 Å². The molecule has 0 saturated carbocycles. The summed E-state index contributed by atoms with van der Waals surface area (Å²) in [4.78, 5) is 0. The predicted octanol–water partition coefficient (Wildman–Crippen LogP) is -0.290. The van der Waals surface area contributed by atoms with E-state index in [0.29, 0.717) is 0 Å². The first kappa shape index (κ1) is 37.9. The molecule has 1 aromatic rings. The Labute approximate surface area is 337 Å². The van der Waals surface area contributed by atoms with Crippen molar-refractivity contribution in [2.75, 3.05) is 0 Å². The van der Waals surface area contributed by atoms with E-state index in [1.165, 1.54) is 5.56 Å². The van der Waals surface area contributed by atoms with Crippen LogP contribution < -0.4 is 0 Å². The van der Waals surface area contributed by atoms with Gasteiger partial charge in [0, 0.05) is 308 Å².